The van der Waals surface area contributed by atoms with Gasteiger partial charge in [0.1, 0.15) is 5.75 Å². The van der Waals surface area contributed by atoms with Crippen molar-refractivity contribution in [1.29, 1.82) is 0 Å². The van der Waals surface area contributed by atoms with E-state index in [9.17, 15) is 4.79 Å². The van der Waals surface area contributed by atoms with Gasteiger partial charge in [-0.1, -0.05) is 0 Å². The maximum atomic E-state index is 11.4. The molecular formula is C9H10BrNO3. The summed E-state index contributed by atoms with van der Waals surface area (Å²) in [4.78, 5) is 11.4. The number of methoxy groups -OCH3 is 1. The first-order valence-corrected chi connectivity index (χ1v) is 4.66. The third-order valence-corrected chi connectivity index (χ3v) is 2.39. The summed E-state index contributed by atoms with van der Waals surface area (Å²) >= 11 is 3.21. The summed E-state index contributed by atoms with van der Waals surface area (Å²) in [7, 11) is 2.79. The van der Waals surface area contributed by atoms with Crippen LogP contribution in [0.25, 0.3) is 0 Å². The maximum absolute atomic E-state index is 11.4. The normalized spacial score (nSPS) is 9.71. The molecule has 76 valence electrons. The zero-order valence-corrected chi connectivity index (χ0v) is 9.41. The van der Waals surface area contributed by atoms with Gasteiger partial charge in [-0.3, -0.25) is 10.0 Å². The molecule has 5 heteroatoms. The second-order valence-corrected chi connectivity index (χ2v) is 3.53. The standard InChI is InChI=1S/C9H10BrNO3/c1-11(13)9(12)7-5-6(14-2)3-4-8(7)10/h3-5,13H,1-2H3. The fraction of sp³-hybridized carbons (Fsp3) is 0.222. The number of nitrogens with zero attached hydrogens (tertiary/aromatic N) is 1. The molecule has 1 N–H and O–H groups in total. The molecule has 0 unspecified atom stereocenters. The summed E-state index contributed by atoms with van der Waals surface area (Å²) in [6.07, 6.45) is 0. The Morgan fingerprint density at radius 3 is 2.71 bits per heavy atom. The predicted octanol–water partition coefficient (Wildman–Crippen LogP) is 1.92. The first-order chi connectivity index (χ1) is 6.56. The number of hydroxylamine groups is 2. The fourth-order valence-electron chi connectivity index (χ4n) is 0.970. The van der Waals surface area contributed by atoms with Crippen molar-refractivity contribution in [2.45, 2.75) is 0 Å². The van der Waals surface area contributed by atoms with E-state index in [-0.39, 0.29) is 0 Å². The number of hydrogen-bond acceptors (Lipinski definition) is 3. The Kier molecular flexibility index (Phi) is 3.49. The number of carbonyl (C=O) groups excluding carboxylic acids is 1. The molecule has 0 spiro atoms. The minimum absolute atomic E-state index is 0.356. The summed E-state index contributed by atoms with van der Waals surface area (Å²) < 4.78 is 5.58. The number of ether oxygens (including phenoxy) is 1. The molecule has 0 radical (unpaired) electrons. The molecule has 0 aromatic heterocycles. The zero-order valence-electron chi connectivity index (χ0n) is 7.82. The lowest BCUT2D eigenvalue weighted by Crippen LogP contribution is -2.22. The summed E-state index contributed by atoms with van der Waals surface area (Å²) in [5, 5.41) is 9.51. The van der Waals surface area contributed by atoms with Crippen molar-refractivity contribution in [3.8, 4) is 5.75 Å². The predicted molar refractivity (Wildman–Crippen MR) is 54.6 cm³/mol. The van der Waals surface area contributed by atoms with Gasteiger partial charge in [0, 0.05) is 11.5 Å². The average Bonchev–Trinajstić information content (AvgIpc) is 2.17. The summed E-state index contributed by atoms with van der Waals surface area (Å²) in [5.41, 5.74) is 0.356. The van der Waals surface area contributed by atoms with Crippen LogP contribution in [0.3, 0.4) is 0 Å². The van der Waals surface area contributed by atoms with E-state index in [1.165, 1.54) is 14.2 Å². The van der Waals surface area contributed by atoms with E-state index in [0.29, 0.717) is 20.8 Å². The molecule has 0 heterocycles. The van der Waals surface area contributed by atoms with Gasteiger partial charge in [-0.2, -0.15) is 0 Å². The highest BCUT2D eigenvalue weighted by molar-refractivity contribution is 9.10. The van der Waals surface area contributed by atoms with Crippen LogP contribution in [0.5, 0.6) is 5.75 Å². The van der Waals surface area contributed by atoms with Crippen molar-refractivity contribution in [2.24, 2.45) is 0 Å². The van der Waals surface area contributed by atoms with Crippen molar-refractivity contribution in [3.63, 3.8) is 0 Å². The molecular weight excluding hydrogens is 250 g/mol. The molecule has 0 saturated carbocycles. The third kappa shape index (κ3) is 2.24. The van der Waals surface area contributed by atoms with Gasteiger partial charge < -0.3 is 4.74 Å². The van der Waals surface area contributed by atoms with Gasteiger partial charge in [-0.15, -0.1) is 0 Å². The molecule has 14 heavy (non-hydrogen) atoms. The van der Waals surface area contributed by atoms with Gasteiger partial charge >= 0.3 is 0 Å². The van der Waals surface area contributed by atoms with E-state index in [4.69, 9.17) is 9.94 Å². The first kappa shape index (κ1) is 11.0. The molecule has 1 aromatic carbocycles. The Hall–Kier alpha value is -1.07. The maximum Gasteiger partial charge on any atom is 0.278 e. The number of halogens is 1. The lowest BCUT2D eigenvalue weighted by molar-refractivity contribution is -0.0375. The van der Waals surface area contributed by atoms with Crippen LogP contribution in [0.15, 0.2) is 22.7 Å². The molecule has 1 amide bonds. The van der Waals surface area contributed by atoms with Gasteiger partial charge in [0.05, 0.1) is 12.7 Å². The van der Waals surface area contributed by atoms with Crippen molar-refractivity contribution in [2.75, 3.05) is 14.2 Å². The number of hydrogen-bond donors (Lipinski definition) is 1. The largest absolute Gasteiger partial charge is 0.497 e. The average molecular weight is 260 g/mol. The molecule has 1 aromatic rings. The highest BCUT2D eigenvalue weighted by atomic mass is 79.9. The molecule has 0 bridgehead atoms. The molecule has 0 aliphatic heterocycles. The Morgan fingerprint density at radius 2 is 2.21 bits per heavy atom. The van der Waals surface area contributed by atoms with E-state index >= 15 is 0 Å². The van der Waals surface area contributed by atoms with Crippen LogP contribution in [-0.4, -0.2) is 30.3 Å². The molecule has 1 rings (SSSR count). The van der Waals surface area contributed by atoms with Crippen LogP contribution < -0.4 is 4.74 Å². The van der Waals surface area contributed by atoms with Crippen molar-refractivity contribution in [1.82, 2.24) is 5.06 Å². The molecule has 0 atom stereocenters. The highest BCUT2D eigenvalue weighted by Gasteiger charge is 2.13. The Bertz CT molecular complexity index is 352. The molecule has 4 nitrogen and oxygen atoms in total. The summed E-state index contributed by atoms with van der Waals surface area (Å²) in [6, 6.07) is 4.97. The van der Waals surface area contributed by atoms with E-state index in [1.807, 2.05) is 0 Å². The number of carbonyl (C=O) groups is 1. The van der Waals surface area contributed by atoms with E-state index in [0.717, 1.165) is 0 Å². The quantitative estimate of drug-likeness (QED) is 0.652. The fourth-order valence-corrected chi connectivity index (χ4v) is 1.39. The minimum atomic E-state index is -0.490. The topological polar surface area (TPSA) is 49.8 Å². The van der Waals surface area contributed by atoms with Crippen LogP contribution in [-0.2, 0) is 0 Å². The lowest BCUT2D eigenvalue weighted by Gasteiger charge is -2.10. The van der Waals surface area contributed by atoms with Crippen molar-refractivity contribution < 1.29 is 14.7 Å². The number of amides is 1. The van der Waals surface area contributed by atoms with Crippen LogP contribution in [0.4, 0.5) is 0 Å². The minimum Gasteiger partial charge on any atom is -0.497 e. The Morgan fingerprint density at radius 1 is 1.57 bits per heavy atom. The van der Waals surface area contributed by atoms with Gasteiger partial charge in [-0.05, 0) is 34.1 Å². The Balaban J connectivity index is 3.12. The van der Waals surface area contributed by atoms with Gasteiger partial charge in [0.2, 0.25) is 0 Å². The van der Waals surface area contributed by atoms with Crippen LogP contribution in [0, 0.1) is 0 Å². The third-order valence-electron chi connectivity index (χ3n) is 1.70. The van der Waals surface area contributed by atoms with E-state index in [1.54, 1.807) is 18.2 Å². The monoisotopic (exact) mass is 259 g/mol. The molecule has 0 fully saturated rings. The van der Waals surface area contributed by atoms with Gasteiger partial charge in [-0.25, -0.2) is 5.06 Å². The van der Waals surface area contributed by atoms with E-state index in [2.05, 4.69) is 15.9 Å². The summed E-state index contributed by atoms with van der Waals surface area (Å²) in [5.74, 6) is 0.0779. The van der Waals surface area contributed by atoms with Crippen molar-refractivity contribution >= 4 is 21.8 Å². The van der Waals surface area contributed by atoms with Crippen molar-refractivity contribution in [3.05, 3.63) is 28.2 Å². The molecule has 0 saturated heterocycles. The van der Waals surface area contributed by atoms with E-state index < -0.39 is 5.91 Å². The zero-order chi connectivity index (χ0) is 10.7. The van der Waals surface area contributed by atoms with Crippen LogP contribution in [0.2, 0.25) is 0 Å². The second kappa shape index (κ2) is 4.43. The molecule has 0 aliphatic rings. The Labute approximate surface area is 90.2 Å². The van der Waals surface area contributed by atoms with Gasteiger partial charge in [0.15, 0.2) is 0 Å². The smallest absolute Gasteiger partial charge is 0.278 e. The SMILES string of the molecule is COc1ccc(Br)c(C(=O)N(C)O)c1. The van der Waals surface area contributed by atoms with Gasteiger partial charge in [0.25, 0.3) is 5.91 Å². The highest BCUT2D eigenvalue weighted by Crippen LogP contribution is 2.23. The van der Waals surface area contributed by atoms with Crippen LogP contribution >= 0.6 is 15.9 Å². The second-order valence-electron chi connectivity index (χ2n) is 2.67. The number of rotatable bonds is 2. The molecule has 0 aliphatic carbocycles. The first-order valence-electron chi connectivity index (χ1n) is 3.86. The summed E-state index contributed by atoms with van der Waals surface area (Å²) in [6.45, 7) is 0. The number of benzene rings is 1. The van der Waals surface area contributed by atoms with Crippen LogP contribution in [0.1, 0.15) is 10.4 Å². The lowest BCUT2D eigenvalue weighted by atomic mass is 10.2.